The van der Waals surface area contributed by atoms with Crippen LogP contribution in [-0.4, -0.2) is 72.9 Å². The predicted octanol–water partition coefficient (Wildman–Crippen LogP) is 11.0. The SMILES string of the molecule is C=CC(=O)O.C=Cc1ccc2cc(OCC(=O)OCCC(F)(F)F)ccc2c1.CCC(C)C(=O)O.CCC(C)c1ccc2cc(OCC(=O)OCCC(F)(F)F)ccc2c1. The van der Waals surface area contributed by atoms with Gasteiger partial charge in [-0.15, -0.1) is 0 Å². The molecule has 0 saturated carbocycles. The summed E-state index contributed by atoms with van der Waals surface area (Å²) in [6.45, 7) is 12.3. The van der Waals surface area contributed by atoms with Crippen LogP contribution in [0.1, 0.15) is 70.4 Å². The van der Waals surface area contributed by atoms with Crippen molar-refractivity contribution in [3.8, 4) is 11.5 Å². The lowest BCUT2D eigenvalue weighted by atomic mass is 9.96. The minimum atomic E-state index is -4.34. The minimum absolute atomic E-state index is 0.181. The number of esters is 2. The zero-order valence-electron chi connectivity index (χ0n) is 33.7. The lowest BCUT2D eigenvalue weighted by Gasteiger charge is -2.11. The lowest BCUT2D eigenvalue weighted by molar-refractivity contribution is -0.162. The van der Waals surface area contributed by atoms with Gasteiger partial charge in [-0.2, -0.15) is 26.3 Å². The van der Waals surface area contributed by atoms with Crippen LogP contribution >= 0.6 is 0 Å². The summed E-state index contributed by atoms with van der Waals surface area (Å²) in [5.74, 6) is -2.14. The molecule has 0 aliphatic rings. The fourth-order valence-corrected chi connectivity index (χ4v) is 4.44. The van der Waals surface area contributed by atoms with Crippen LogP contribution in [-0.2, 0) is 28.7 Å². The van der Waals surface area contributed by atoms with E-state index in [0.717, 1.165) is 46.0 Å². The highest BCUT2D eigenvalue weighted by molar-refractivity contribution is 5.86. The van der Waals surface area contributed by atoms with Gasteiger partial charge in [0.2, 0.25) is 0 Å². The van der Waals surface area contributed by atoms with Gasteiger partial charge in [-0.05, 0) is 81.8 Å². The third-order valence-corrected chi connectivity index (χ3v) is 8.31. The van der Waals surface area contributed by atoms with Gasteiger partial charge in [0.05, 0.1) is 18.8 Å². The molecule has 10 nitrogen and oxygen atoms in total. The Balaban J connectivity index is 0.000000473. The van der Waals surface area contributed by atoms with Crippen molar-refractivity contribution < 1.29 is 74.7 Å². The molecule has 2 N–H and O–H groups in total. The van der Waals surface area contributed by atoms with Crippen molar-refractivity contribution in [2.45, 2.75) is 71.6 Å². The van der Waals surface area contributed by atoms with Crippen LogP contribution in [0.4, 0.5) is 26.3 Å². The maximum absolute atomic E-state index is 12.0. The number of hydrogen-bond donors (Lipinski definition) is 2. The first-order valence-electron chi connectivity index (χ1n) is 18.6. The molecule has 0 aliphatic heterocycles. The molecule has 328 valence electrons. The molecule has 16 heteroatoms. The quantitative estimate of drug-likeness (QED) is 0.0634. The maximum atomic E-state index is 12.0. The van der Waals surface area contributed by atoms with E-state index in [1.165, 1.54) is 5.56 Å². The van der Waals surface area contributed by atoms with Crippen LogP contribution in [0.5, 0.6) is 11.5 Å². The van der Waals surface area contributed by atoms with Crippen LogP contribution in [0, 0.1) is 5.92 Å². The zero-order valence-corrected chi connectivity index (χ0v) is 33.7. The van der Waals surface area contributed by atoms with E-state index in [2.05, 4.69) is 48.6 Å². The second-order valence-electron chi connectivity index (χ2n) is 13.0. The van der Waals surface area contributed by atoms with E-state index in [-0.39, 0.29) is 5.92 Å². The van der Waals surface area contributed by atoms with Crippen molar-refractivity contribution in [1.82, 2.24) is 0 Å². The fourth-order valence-electron chi connectivity index (χ4n) is 4.44. The first kappa shape index (κ1) is 52.0. The van der Waals surface area contributed by atoms with Crippen LogP contribution < -0.4 is 9.47 Å². The molecule has 4 aromatic rings. The molecule has 0 spiro atoms. The molecule has 0 saturated heterocycles. The Morgan fingerprint density at radius 3 is 1.43 bits per heavy atom. The highest BCUT2D eigenvalue weighted by atomic mass is 19.4. The molecular formula is C44H50F6O10. The number of rotatable bonds is 16. The zero-order chi connectivity index (χ0) is 45.5. The number of hydrogen-bond acceptors (Lipinski definition) is 8. The van der Waals surface area contributed by atoms with Crippen LogP contribution in [0.3, 0.4) is 0 Å². The summed E-state index contributed by atoms with van der Waals surface area (Å²) >= 11 is 0. The predicted molar refractivity (Wildman–Crippen MR) is 216 cm³/mol. The second kappa shape index (κ2) is 26.1. The number of carboxylic acids is 2. The van der Waals surface area contributed by atoms with E-state index in [0.29, 0.717) is 17.4 Å². The average molecular weight is 853 g/mol. The van der Waals surface area contributed by atoms with Crippen LogP contribution in [0.2, 0.25) is 0 Å². The summed E-state index contributed by atoms with van der Waals surface area (Å²) in [5, 5.41) is 19.7. The first-order valence-corrected chi connectivity index (χ1v) is 18.6. The molecule has 0 aliphatic carbocycles. The number of aliphatic carboxylic acids is 2. The van der Waals surface area contributed by atoms with E-state index >= 15 is 0 Å². The number of carbonyl (C=O) groups is 4. The summed E-state index contributed by atoms with van der Waals surface area (Å²) in [4.78, 5) is 41.9. The molecule has 60 heavy (non-hydrogen) atoms. The monoisotopic (exact) mass is 852 g/mol. The highest BCUT2D eigenvalue weighted by Crippen LogP contribution is 2.27. The molecule has 0 radical (unpaired) electrons. The Labute approximate surface area is 344 Å². The first-order chi connectivity index (χ1) is 28.1. The summed E-state index contributed by atoms with van der Waals surface area (Å²) in [6, 6.07) is 22.6. The number of alkyl halides is 6. The minimum Gasteiger partial charge on any atom is -0.482 e. The Morgan fingerprint density at radius 1 is 0.650 bits per heavy atom. The van der Waals surface area contributed by atoms with Crippen LogP contribution in [0.25, 0.3) is 27.6 Å². The van der Waals surface area contributed by atoms with Gasteiger partial charge in [0.15, 0.2) is 13.2 Å². The van der Waals surface area contributed by atoms with Crippen molar-refractivity contribution in [2.24, 2.45) is 5.92 Å². The van der Waals surface area contributed by atoms with Crippen molar-refractivity contribution in [3.63, 3.8) is 0 Å². The van der Waals surface area contributed by atoms with Gasteiger partial charge in [0, 0.05) is 6.08 Å². The summed E-state index contributed by atoms with van der Waals surface area (Å²) in [5.41, 5.74) is 2.25. The number of carbonyl (C=O) groups excluding carboxylic acids is 2. The topological polar surface area (TPSA) is 146 Å². The molecule has 2 atom stereocenters. The molecule has 0 fully saturated rings. The largest absolute Gasteiger partial charge is 0.482 e. The molecule has 0 aromatic heterocycles. The van der Waals surface area contributed by atoms with E-state index in [1.54, 1.807) is 37.3 Å². The number of carboxylic acid groups (broad SMARTS) is 2. The number of fused-ring (bicyclic) bond motifs is 2. The Morgan fingerprint density at radius 2 is 1.07 bits per heavy atom. The van der Waals surface area contributed by atoms with Gasteiger partial charge in [0.1, 0.15) is 24.7 Å². The van der Waals surface area contributed by atoms with Gasteiger partial charge >= 0.3 is 36.2 Å². The van der Waals surface area contributed by atoms with Crippen LogP contribution in [0.15, 0.2) is 92.0 Å². The molecular weight excluding hydrogens is 802 g/mol. The van der Waals surface area contributed by atoms with Crippen molar-refractivity contribution in [1.29, 1.82) is 0 Å². The molecule has 0 amide bonds. The number of ether oxygens (including phenoxy) is 4. The molecule has 0 heterocycles. The molecule has 4 rings (SSSR count). The van der Waals surface area contributed by atoms with Gasteiger partial charge in [-0.25, -0.2) is 14.4 Å². The van der Waals surface area contributed by atoms with Crippen molar-refractivity contribution in [2.75, 3.05) is 26.4 Å². The van der Waals surface area contributed by atoms with E-state index in [1.807, 2.05) is 43.3 Å². The van der Waals surface area contributed by atoms with E-state index in [9.17, 15) is 45.5 Å². The normalized spacial score (nSPS) is 11.8. The van der Waals surface area contributed by atoms with Gasteiger partial charge < -0.3 is 29.2 Å². The Hall–Kier alpha value is -6.06. The summed E-state index contributed by atoms with van der Waals surface area (Å²) in [6.07, 6.45) is -6.66. The smallest absolute Gasteiger partial charge is 0.392 e. The third-order valence-electron chi connectivity index (χ3n) is 8.31. The lowest BCUT2D eigenvalue weighted by Crippen LogP contribution is -2.19. The molecule has 0 bridgehead atoms. The maximum Gasteiger partial charge on any atom is 0.392 e. The summed E-state index contributed by atoms with van der Waals surface area (Å²) < 4.78 is 91.2. The number of halogens is 6. The Kier molecular flexibility index (Phi) is 22.6. The fraction of sp³-hybridized carbons (Fsp3) is 0.364. The second-order valence-corrected chi connectivity index (χ2v) is 13.0. The van der Waals surface area contributed by atoms with E-state index < -0.39 is 75.5 Å². The van der Waals surface area contributed by atoms with Crippen molar-refractivity contribution >= 4 is 51.5 Å². The highest BCUT2D eigenvalue weighted by Gasteiger charge is 2.28. The van der Waals surface area contributed by atoms with Gasteiger partial charge in [-0.1, -0.05) is 89.4 Å². The van der Waals surface area contributed by atoms with E-state index in [4.69, 9.17) is 19.7 Å². The molecule has 2 unspecified atom stereocenters. The Bertz CT molecular complexity index is 2010. The van der Waals surface area contributed by atoms with Gasteiger partial charge in [0.25, 0.3) is 0 Å². The van der Waals surface area contributed by atoms with Gasteiger partial charge in [-0.3, -0.25) is 4.79 Å². The molecule has 4 aromatic carbocycles. The third kappa shape index (κ3) is 22.2. The summed E-state index contributed by atoms with van der Waals surface area (Å²) in [7, 11) is 0. The number of benzene rings is 4. The van der Waals surface area contributed by atoms with Crippen molar-refractivity contribution in [3.05, 3.63) is 103 Å². The standard InChI is InChI=1S/C19H21F3O3.C17H15F3O3.C5H10O2.C3H4O2/c1-3-13(2)14-4-5-16-11-17(7-6-15(16)10-14)25-12-18(23)24-9-8-19(20,21)22;1-2-12-3-4-14-10-15(6-5-13(14)9-12)23-11-16(21)22-8-7-17(18,19)20;1-3-4(2)5(6)7;1-2-3(4)5/h4-7,10-11,13H,3,8-9,12H2,1-2H3;2-6,9-10H,1,7-8,11H2;4H,3H2,1-2H3,(H,6,7);2H,1H2,(H,4,5). The average Bonchev–Trinajstić information content (AvgIpc) is 3.20.